The smallest absolute Gasteiger partial charge is 0.310 e. The van der Waals surface area contributed by atoms with E-state index in [1.165, 1.54) is 6.33 Å². The SMILES string of the molecule is COCCNc1cc(NCC(C)(C)C(=O)O)ncn1. The highest BCUT2D eigenvalue weighted by atomic mass is 16.5. The fourth-order valence-electron chi connectivity index (χ4n) is 1.22. The Morgan fingerprint density at radius 2 is 2.00 bits per heavy atom. The highest BCUT2D eigenvalue weighted by Crippen LogP contribution is 2.16. The highest BCUT2D eigenvalue weighted by Gasteiger charge is 2.26. The molecular weight excluding hydrogens is 248 g/mol. The van der Waals surface area contributed by atoms with Crippen LogP contribution in [-0.4, -0.2) is 47.8 Å². The summed E-state index contributed by atoms with van der Waals surface area (Å²) in [5.74, 6) is 0.402. The number of ether oxygens (including phenoxy) is 1. The van der Waals surface area contributed by atoms with Crippen molar-refractivity contribution in [2.75, 3.05) is 37.4 Å². The molecule has 0 fully saturated rings. The van der Waals surface area contributed by atoms with Crippen molar-refractivity contribution in [2.45, 2.75) is 13.8 Å². The Hall–Kier alpha value is -1.89. The van der Waals surface area contributed by atoms with Crippen LogP contribution in [0.25, 0.3) is 0 Å². The number of carbonyl (C=O) groups is 1. The number of rotatable bonds is 8. The molecule has 0 aliphatic rings. The molecule has 1 rings (SSSR count). The van der Waals surface area contributed by atoms with Gasteiger partial charge in [-0.3, -0.25) is 4.79 Å². The molecule has 0 atom stereocenters. The van der Waals surface area contributed by atoms with Crippen molar-refractivity contribution >= 4 is 17.6 Å². The van der Waals surface area contributed by atoms with Gasteiger partial charge in [-0.25, -0.2) is 9.97 Å². The normalized spacial score (nSPS) is 11.1. The van der Waals surface area contributed by atoms with Gasteiger partial charge in [0.15, 0.2) is 0 Å². The Labute approximate surface area is 112 Å². The molecule has 1 aromatic rings. The minimum Gasteiger partial charge on any atom is -0.481 e. The quantitative estimate of drug-likeness (QED) is 0.606. The summed E-state index contributed by atoms with van der Waals surface area (Å²) in [7, 11) is 1.63. The Kier molecular flexibility index (Phi) is 5.50. The van der Waals surface area contributed by atoms with Gasteiger partial charge in [-0.15, -0.1) is 0 Å². The van der Waals surface area contributed by atoms with Crippen molar-refractivity contribution in [3.05, 3.63) is 12.4 Å². The van der Waals surface area contributed by atoms with Crippen LogP contribution in [0.3, 0.4) is 0 Å². The van der Waals surface area contributed by atoms with Crippen LogP contribution in [0, 0.1) is 5.41 Å². The number of methoxy groups -OCH3 is 1. The van der Waals surface area contributed by atoms with E-state index < -0.39 is 11.4 Å². The molecule has 0 aliphatic heterocycles. The number of aromatic nitrogens is 2. The lowest BCUT2D eigenvalue weighted by atomic mass is 9.94. The van der Waals surface area contributed by atoms with E-state index in [0.717, 1.165) is 0 Å². The second-order valence-corrected chi connectivity index (χ2v) is 4.75. The third-order valence-corrected chi connectivity index (χ3v) is 2.57. The topological polar surface area (TPSA) is 96.4 Å². The molecule has 3 N–H and O–H groups in total. The summed E-state index contributed by atoms with van der Waals surface area (Å²) in [6, 6.07) is 1.73. The number of nitrogens with zero attached hydrogens (tertiary/aromatic N) is 2. The van der Waals surface area contributed by atoms with Gasteiger partial charge < -0.3 is 20.5 Å². The van der Waals surface area contributed by atoms with Gasteiger partial charge in [0.25, 0.3) is 0 Å². The first-order chi connectivity index (χ1) is 8.95. The first-order valence-electron chi connectivity index (χ1n) is 5.98. The predicted molar refractivity (Wildman–Crippen MR) is 72.3 cm³/mol. The van der Waals surface area contributed by atoms with Crippen molar-refractivity contribution in [1.29, 1.82) is 0 Å². The van der Waals surface area contributed by atoms with Gasteiger partial charge in [0.1, 0.15) is 18.0 Å². The zero-order valence-electron chi connectivity index (χ0n) is 11.4. The Balaban J connectivity index is 2.55. The van der Waals surface area contributed by atoms with Gasteiger partial charge in [-0.1, -0.05) is 0 Å². The second kappa shape index (κ2) is 6.89. The van der Waals surface area contributed by atoms with Crippen molar-refractivity contribution in [1.82, 2.24) is 9.97 Å². The van der Waals surface area contributed by atoms with Crippen LogP contribution in [0.2, 0.25) is 0 Å². The van der Waals surface area contributed by atoms with Gasteiger partial charge in [0.05, 0.1) is 12.0 Å². The molecule has 19 heavy (non-hydrogen) atoms. The molecule has 0 spiro atoms. The second-order valence-electron chi connectivity index (χ2n) is 4.75. The third kappa shape index (κ3) is 5.09. The van der Waals surface area contributed by atoms with Crippen molar-refractivity contribution in [2.24, 2.45) is 5.41 Å². The molecule has 1 heterocycles. The van der Waals surface area contributed by atoms with Crippen LogP contribution < -0.4 is 10.6 Å². The first-order valence-corrected chi connectivity index (χ1v) is 5.98. The fourth-order valence-corrected chi connectivity index (χ4v) is 1.22. The largest absolute Gasteiger partial charge is 0.481 e. The summed E-state index contributed by atoms with van der Waals surface area (Å²) >= 11 is 0. The Morgan fingerprint density at radius 1 is 1.37 bits per heavy atom. The maximum absolute atomic E-state index is 11.0. The van der Waals surface area contributed by atoms with Crippen LogP contribution in [0.15, 0.2) is 12.4 Å². The zero-order valence-corrected chi connectivity index (χ0v) is 11.4. The van der Waals surface area contributed by atoms with E-state index >= 15 is 0 Å². The standard InChI is InChI=1S/C12H20N4O3/c1-12(2,11(17)18)7-14-10-6-9(15-8-16-10)13-4-5-19-3/h6,8H,4-5,7H2,1-3H3,(H,17,18)(H2,13,14,15,16). The molecule has 0 radical (unpaired) electrons. The number of hydrogen-bond acceptors (Lipinski definition) is 6. The number of hydrogen-bond donors (Lipinski definition) is 3. The lowest BCUT2D eigenvalue weighted by Crippen LogP contribution is -2.32. The number of carboxylic acids is 1. The summed E-state index contributed by atoms with van der Waals surface area (Å²) in [6.07, 6.45) is 1.42. The maximum Gasteiger partial charge on any atom is 0.310 e. The van der Waals surface area contributed by atoms with Crippen molar-refractivity contribution < 1.29 is 14.6 Å². The van der Waals surface area contributed by atoms with Gasteiger partial charge in [0, 0.05) is 26.3 Å². The molecule has 0 saturated carbocycles. The van der Waals surface area contributed by atoms with Gasteiger partial charge in [-0.2, -0.15) is 0 Å². The van der Waals surface area contributed by atoms with Gasteiger partial charge >= 0.3 is 5.97 Å². The van der Waals surface area contributed by atoms with E-state index in [0.29, 0.717) is 24.8 Å². The molecule has 0 amide bonds. The molecule has 0 aliphatic carbocycles. The van der Waals surface area contributed by atoms with E-state index in [9.17, 15) is 4.79 Å². The summed E-state index contributed by atoms with van der Waals surface area (Å²) in [5.41, 5.74) is -0.853. The number of nitrogens with one attached hydrogen (secondary N) is 2. The molecule has 1 aromatic heterocycles. The third-order valence-electron chi connectivity index (χ3n) is 2.57. The van der Waals surface area contributed by atoms with E-state index in [2.05, 4.69) is 20.6 Å². The van der Waals surface area contributed by atoms with E-state index in [-0.39, 0.29) is 6.54 Å². The van der Waals surface area contributed by atoms with Crippen molar-refractivity contribution in [3.63, 3.8) is 0 Å². The number of carboxylic acid groups (broad SMARTS) is 1. The highest BCUT2D eigenvalue weighted by molar-refractivity contribution is 5.74. The Morgan fingerprint density at radius 3 is 2.58 bits per heavy atom. The van der Waals surface area contributed by atoms with Crippen molar-refractivity contribution in [3.8, 4) is 0 Å². The van der Waals surface area contributed by atoms with Crippen LogP contribution >= 0.6 is 0 Å². The summed E-state index contributed by atoms with van der Waals surface area (Å²) in [5, 5.41) is 15.1. The summed E-state index contributed by atoms with van der Waals surface area (Å²) in [6.45, 7) is 4.83. The summed E-state index contributed by atoms with van der Waals surface area (Å²) in [4.78, 5) is 19.1. The minimum atomic E-state index is -0.854. The first kappa shape index (κ1) is 15.2. The molecule has 0 saturated heterocycles. The minimum absolute atomic E-state index is 0.289. The molecule has 7 nitrogen and oxygen atoms in total. The van der Waals surface area contributed by atoms with E-state index in [4.69, 9.17) is 9.84 Å². The van der Waals surface area contributed by atoms with Gasteiger partial charge in [0.2, 0.25) is 0 Å². The molecular formula is C12H20N4O3. The number of aliphatic carboxylic acids is 1. The maximum atomic E-state index is 11.0. The molecule has 0 aromatic carbocycles. The zero-order chi connectivity index (χ0) is 14.3. The van der Waals surface area contributed by atoms with E-state index in [1.54, 1.807) is 27.0 Å². The molecule has 0 unspecified atom stereocenters. The van der Waals surface area contributed by atoms with Crippen LogP contribution in [0.5, 0.6) is 0 Å². The molecule has 7 heteroatoms. The summed E-state index contributed by atoms with van der Waals surface area (Å²) < 4.78 is 4.93. The van der Waals surface area contributed by atoms with Crippen LogP contribution in [-0.2, 0) is 9.53 Å². The van der Waals surface area contributed by atoms with Crippen LogP contribution in [0.1, 0.15) is 13.8 Å². The average molecular weight is 268 g/mol. The fraction of sp³-hybridized carbons (Fsp3) is 0.583. The van der Waals surface area contributed by atoms with E-state index in [1.807, 2.05) is 0 Å². The predicted octanol–water partition coefficient (Wildman–Crippen LogP) is 1.06. The molecule has 0 bridgehead atoms. The average Bonchev–Trinajstić information content (AvgIpc) is 2.37. The monoisotopic (exact) mass is 268 g/mol. The Bertz CT molecular complexity index is 423. The van der Waals surface area contributed by atoms with Crippen LogP contribution in [0.4, 0.5) is 11.6 Å². The van der Waals surface area contributed by atoms with Gasteiger partial charge in [-0.05, 0) is 13.8 Å². The lowest BCUT2D eigenvalue weighted by Gasteiger charge is -2.19. The molecule has 106 valence electrons. The lowest BCUT2D eigenvalue weighted by molar-refractivity contribution is -0.146. The number of anilines is 2.